The molecule has 0 atom stereocenters. The van der Waals surface area contributed by atoms with E-state index in [1.807, 2.05) is 17.5 Å². The Balaban J connectivity index is 1.52. The van der Waals surface area contributed by atoms with Crippen molar-refractivity contribution in [3.63, 3.8) is 0 Å². The summed E-state index contributed by atoms with van der Waals surface area (Å²) in [5.74, 6) is -1.31. The van der Waals surface area contributed by atoms with E-state index in [0.717, 1.165) is 20.8 Å². The van der Waals surface area contributed by atoms with E-state index < -0.39 is 29.6 Å². The highest BCUT2D eigenvalue weighted by Gasteiger charge is 2.18. The summed E-state index contributed by atoms with van der Waals surface area (Å²) in [6.45, 7) is -0.323. The normalized spacial score (nSPS) is 10.9. The number of thiophene rings is 2. The van der Waals surface area contributed by atoms with Gasteiger partial charge in [-0.1, -0.05) is 18.2 Å². The highest BCUT2D eigenvalue weighted by atomic mass is 32.1. The molecule has 4 aromatic rings. The molecule has 0 saturated carbocycles. The van der Waals surface area contributed by atoms with Gasteiger partial charge in [-0.3, -0.25) is 19.0 Å². The monoisotopic (exact) mass is 486 g/mol. The van der Waals surface area contributed by atoms with Gasteiger partial charge in [-0.25, -0.2) is 13.8 Å². The fourth-order valence-corrected chi connectivity index (χ4v) is 4.71. The molecule has 3 heterocycles. The van der Waals surface area contributed by atoms with E-state index in [9.17, 15) is 23.6 Å². The summed E-state index contributed by atoms with van der Waals surface area (Å²) < 4.78 is 15.3. The van der Waals surface area contributed by atoms with Crippen molar-refractivity contribution in [2.45, 2.75) is 26.2 Å². The molecule has 8 nitrogen and oxygen atoms in total. The van der Waals surface area contributed by atoms with Crippen LogP contribution in [-0.2, 0) is 35.8 Å². The van der Waals surface area contributed by atoms with Crippen molar-refractivity contribution < 1.29 is 14.0 Å². The summed E-state index contributed by atoms with van der Waals surface area (Å²) >= 11 is 2.62. The number of hydrogen-bond acceptors (Lipinski definition) is 6. The number of carbonyl (C=O) groups excluding carboxylic acids is 2. The Morgan fingerprint density at radius 1 is 0.848 bits per heavy atom. The number of hydrogen-bond donors (Lipinski definition) is 2. The number of fused-ring (bicyclic) bond motifs is 1. The topological polar surface area (TPSA) is 102 Å². The van der Waals surface area contributed by atoms with Crippen LogP contribution < -0.4 is 21.9 Å². The molecular weight excluding hydrogens is 467 g/mol. The molecule has 4 rings (SSSR count). The van der Waals surface area contributed by atoms with Gasteiger partial charge in [-0.05, 0) is 40.6 Å². The van der Waals surface area contributed by atoms with Gasteiger partial charge in [0.25, 0.3) is 5.56 Å². The molecule has 0 spiro atoms. The Morgan fingerprint density at radius 2 is 1.55 bits per heavy atom. The summed E-state index contributed by atoms with van der Waals surface area (Å²) in [6.07, 6.45) is 0. The fourth-order valence-electron chi connectivity index (χ4n) is 3.23. The van der Waals surface area contributed by atoms with Crippen LogP contribution in [0.3, 0.4) is 0 Å². The van der Waals surface area contributed by atoms with Crippen molar-refractivity contribution in [3.05, 3.63) is 90.3 Å². The first kappa shape index (κ1) is 22.6. The minimum atomic E-state index is -0.742. The molecule has 3 aromatic heterocycles. The summed E-state index contributed by atoms with van der Waals surface area (Å²) in [4.78, 5) is 51.7. The zero-order valence-corrected chi connectivity index (χ0v) is 18.9. The van der Waals surface area contributed by atoms with E-state index >= 15 is 0 Å². The predicted octanol–water partition coefficient (Wildman–Crippen LogP) is 2.06. The zero-order chi connectivity index (χ0) is 23.4. The second-order valence-corrected chi connectivity index (χ2v) is 9.10. The van der Waals surface area contributed by atoms with Gasteiger partial charge < -0.3 is 10.6 Å². The molecule has 0 aliphatic carbocycles. The lowest BCUT2D eigenvalue weighted by Gasteiger charge is -2.12. The van der Waals surface area contributed by atoms with Crippen LogP contribution in [0.4, 0.5) is 4.39 Å². The van der Waals surface area contributed by atoms with Crippen LogP contribution in [0, 0.1) is 5.82 Å². The van der Waals surface area contributed by atoms with Crippen molar-refractivity contribution in [3.8, 4) is 0 Å². The summed E-state index contributed by atoms with van der Waals surface area (Å²) in [6, 6.07) is 11.0. The maximum Gasteiger partial charge on any atom is 0.332 e. The van der Waals surface area contributed by atoms with Gasteiger partial charge in [0, 0.05) is 11.4 Å². The molecule has 2 amide bonds. The van der Waals surface area contributed by atoms with Crippen molar-refractivity contribution >= 4 is 44.7 Å². The largest absolute Gasteiger partial charge is 0.350 e. The third-order valence-electron chi connectivity index (χ3n) is 4.88. The molecule has 0 aliphatic rings. The highest BCUT2D eigenvalue weighted by Crippen LogP contribution is 2.15. The fraction of sp³-hybridized carbons (Fsp3) is 0.182. The SMILES string of the molecule is O=C(Cn1c(=O)c2sccc2n(CC(=O)NCc2ccc(F)cc2)c1=O)NCc1cccs1. The molecule has 0 saturated heterocycles. The van der Waals surface area contributed by atoms with E-state index in [0.29, 0.717) is 17.6 Å². The van der Waals surface area contributed by atoms with Crippen molar-refractivity contribution in [2.24, 2.45) is 0 Å². The van der Waals surface area contributed by atoms with Crippen molar-refractivity contribution in [1.29, 1.82) is 0 Å². The molecule has 170 valence electrons. The number of nitrogens with zero attached hydrogens (tertiary/aromatic N) is 2. The molecule has 33 heavy (non-hydrogen) atoms. The molecule has 0 unspecified atom stereocenters. The number of benzene rings is 1. The highest BCUT2D eigenvalue weighted by molar-refractivity contribution is 7.17. The van der Waals surface area contributed by atoms with Gasteiger partial charge in [0.05, 0.1) is 12.1 Å². The number of rotatable bonds is 8. The summed E-state index contributed by atoms with van der Waals surface area (Å²) in [5.41, 5.74) is -0.277. The van der Waals surface area contributed by atoms with E-state index in [-0.39, 0.29) is 23.6 Å². The molecule has 0 fully saturated rings. The first-order valence-electron chi connectivity index (χ1n) is 9.93. The molecular formula is C22H19FN4O4S2. The van der Waals surface area contributed by atoms with Crippen LogP contribution in [0.1, 0.15) is 10.4 Å². The van der Waals surface area contributed by atoms with Gasteiger partial charge in [-0.15, -0.1) is 22.7 Å². The molecule has 1 aromatic carbocycles. The lowest BCUT2D eigenvalue weighted by Crippen LogP contribution is -2.45. The van der Waals surface area contributed by atoms with E-state index in [1.165, 1.54) is 28.0 Å². The van der Waals surface area contributed by atoms with Crippen LogP contribution in [-0.4, -0.2) is 20.9 Å². The number of amides is 2. The van der Waals surface area contributed by atoms with Gasteiger partial charge in [0.2, 0.25) is 11.8 Å². The van der Waals surface area contributed by atoms with Gasteiger partial charge in [-0.2, -0.15) is 0 Å². The first-order chi connectivity index (χ1) is 15.9. The van der Waals surface area contributed by atoms with Gasteiger partial charge >= 0.3 is 5.69 Å². The van der Waals surface area contributed by atoms with Crippen LogP contribution in [0.5, 0.6) is 0 Å². The zero-order valence-electron chi connectivity index (χ0n) is 17.2. The third kappa shape index (κ3) is 5.26. The van der Waals surface area contributed by atoms with Crippen molar-refractivity contribution in [2.75, 3.05) is 0 Å². The maximum absolute atomic E-state index is 13.0. The minimum absolute atomic E-state index is 0.158. The predicted molar refractivity (Wildman–Crippen MR) is 125 cm³/mol. The van der Waals surface area contributed by atoms with Crippen LogP contribution in [0.2, 0.25) is 0 Å². The molecule has 11 heteroatoms. The van der Waals surface area contributed by atoms with Gasteiger partial charge in [0.15, 0.2) is 0 Å². The van der Waals surface area contributed by atoms with Crippen LogP contribution >= 0.6 is 22.7 Å². The number of carbonyl (C=O) groups is 2. The Kier molecular flexibility index (Phi) is 6.80. The second-order valence-electron chi connectivity index (χ2n) is 7.15. The smallest absolute Gasteiger partial charge is 0.332 e. The number of aromatic nitrogens is 2. The Morgan fingerprint density at radius 3 is 2.24 bits per heavy atom. The average Bonchev–Trinajstić information content (AvgIpc) is 3.50. The Labute approximate surface area is 194 Å². The molecule has 0 radical (unpaired) electrons. The van der Waals surface area contributed by atoms with E-state index in [4.69, 9.17) is 0 Å². The second kappa shape index (κ2) is 9.92. The van der Waals surface area contributed by atoms with Gasteiger partial charge in [0.1, 0.15) is 23.6 Å². The quantitative estimate of drug-likeness (QED) is 0.398. The Bertz CT molecular complexity index is 1410. The van der Waals surface area contributed by atoms with Crippen LogP contribution in [0.25, 0.3) is 10.2 Å². The molecule has 0 bridgehead atoms. The number of nitrogens with one attached hydrogen (secondary N) is 2. The summed E-state index contributed by atoms with van der Waals surface area (Å²) in [5, 5.41) is 8.91. The Hall–Kier alpha value is -3.57. The van der Waals surface area contributed by atoms with Crippen LogP contribution in [0.15, 0.2) is 62.8 Å². The lowest BCUT2D eigenvalue weighted by molar-refractivity contribution is -0.122. The van der Waals surface area contributed by atoms with E-state index in [2.05, 4.69) is 10.6 Å². The number of halogens is 1. The maximum atomic E-state index is 13.0. The van der Waals surface area contributed by atoms with Crippen molar-refractivity contribution in [1.82, 2.24) is 19.8 Å². The average molecular weight is 487 g/mol. The first-order valence-corrected chi connectivity index (χ1v) is 11.7. The van der Waals surface area contributed by atoms with E-state index in [1.54, 1.807) is 23.6 Å². The minimum Gasteiger partial charge on any atom is -0.350 e. The molecule has 2 N–H and O–H groups in total. The summed E-state index contributed by atoms with van der Waals surface area (Å²) in [7, 11) is 0. The lowest BCUT2D eigenvalue weighted by atomic mass is 10.2. The molecule has 0 aliphatic heterocycles. The standard InChI is InChI=1S/C22H19FN4O4S2/c23-15-5-3-14(4-6-15)10-24-18(28)12-26-17-7-9-33-20(17)21(30)27(22(26)31)13-19(29)25-11-16-2-1-8-32-16/h1-9H,10-13H2,(H,24,28)(H,25,29). The third-order valence-corrected chi connectivity index (χ3v) is 6.65.